The molecule has 130 valence electrons. The Kier molecular flexibility index (Phi) is 4.19. The normalized spacial score (nSPS) is 25.7. The van der Waals surface area contributed by atoms with Crippen molar-refractivity contribution in [3.8, 4) is 0 Å². The van der Waals surface area contributed by atoms with E-state index in [0.29, 0.717) is 25.9 Å². The maximum absolute atomic E-state index is 12.6. The molecule has 0 atom stereocenters. The molecule has 3 fully saturated rings. The van der Waals surface area contributed by atoms with Gasteiger partial charge in [0.25, 0.3) is 0 Å². The first-order chi connectivity index (χ1) is 10.7. The zero-order chi connectivity index (χ0) is 16.8. The third-order valence-electron chi connectivity index (χ3n) is 5.62. The average molecular weight is 342 g/mol. The Morgan fingerprint density at radius 1 is 1.04 bits per heavy atom. The lowest BCUT2D eigenvalue weighted by atomic mass is 9.74. The van der Waals surface area contributed by atoms with Crippen molar-refractivity contribution in [1.82, 2.24) is 10.2 Å². The lowest BCUT2D eigenvalue weighted by Gasteiger charge is -2.42. The Balaban J connectivity index is 1.48. The minimum Gasteiger partial charge on any atom is -0.349 e. The van der Waals surface area contributed by atoms with E-state index in [2.05, 4.69) is 5.32 Å². The first kappa shape index (κ1) is 16.7. The molecule has 2 aliphatic heterocycles. The average Bonchev–Trinajstić information content (AvgIpc) is 3.25. The predicted octanol–water partition coefficient (Wildman–Crippen LogP) is 0.574. The molecule has 1 saturated carbocycles. The van der Waals surface area contributed by atoms with Crippen molar-refractivity contribution in [3.63, 3.8) is 0 Å². The Morgan fingerprint density at radius 2 is 1.61 bits per heavy atom. The van der Waals surface area contributed by atoms with Crippen LogP contribution in [0.1, 0.15) is 39.5 Å². The maximum Gasteiger partial charge on any atom is 0.226 e. The van der Waals surface area contributed by atoms with Gasteiger partial charge in [0.15, 0.2) is 0 Å². The van der Waals surface area contributed by atoms with Crippen LogP contribution < -0.4 is 5.32 Å². The molecule has 3 aliphatic rings. The fourth-order valence-corrected chi connectivity index (χ4v) is 5.00. The summed E-state index contributed by atoms with van der Waals surface area (Å²) in [5.74, 6) is 0.892. The molecule has 2 saturated heterocycles. The maximum atomic E-state index is 12.6. The van der Waals surface area contributed by atoms with E-state index >= 15 is 0 Å². The number of carbonyl (C=O) groups excluding carboxylic acids is 2. The van der Waals surface area contributed by atoms with Crippen molar-refractivity contribution in [2.45, 2.75) is 45.6 Å². The van der Waals surface area contributed by atoms with Crippen molar-refractivity contribution in [2.24, 2.45) is 17.3 Å². The number of rotatable bonds is 4. The van der Waals surface area contributed by atoms with Crippen molar-refractivity contribution in [1.29, 1.82) is 0 Å². The lowest BCUT2D eigenvalue weighted by Crippen LogP contribution is -2.63. The highest BCUT2D eigenvalue weighted by Gasteiger charge is 2.43. The van der Waals surface area contributed by atoms with E-state index in [-0.39, 0.29) is 41.2 Å². The molecule has 0 aromatic heterocycles. The molecular formula is C16H26N2O4S. The molecule has 6 nitrogen and oxygen atoms in total. The van der Waals surface area contributed by atoms with Crippen LogP contribution >= 0.6 is 0 Å². The van der Waals surface area contributed by atoms with Gasteiger partial charge in [-0.25, -0.2) is 8.42 Å². The summed E-state index contributed by atoms with van der Waals surface area (Å²) in [7, 11) is -2.91. The predicted molar refractivity (Wildman–Crippen MR) is 86.4 cm³/mol. The summed E-state index contributed by atoms with van der Waals surface area (Å²) in [4.78, 5) is 26.3. The molecule has 0 aromatic rings. The highest BCUT2D eigenvalue weighted by Crippen LogP contribution is 2.36. The number of nitrogens with zero attached hydrogens (tertiary/aromatic N) is 1. The van der Waals surface area contributed by atoms with Crippen LogP contribution in [0.4, 0.5) is 0 Å². The van der Waals surface area contributed by atoms with Crippen LogP contribution in [0.15, 0.2) is 0 Å². The Labute approximate surface area is 137 Å². The van der Waals surface area contributed by atoms with E-state index in [1.165, 1.54) is 0 Å². The Hall–Kier alpha value is -1.11. The molecule has 2 heterocycles. The summed E-state index contributed by atoms with van der Waals surface area (Å²) < 4.78 is 23.1. The van der Waals surface area contributed by atoms with E-state index in [1.807, 2.05) is 18.7 Å². The molecule has 0 bridgehead atoms. The lowest BCUT2D eigenvalue weighted by molar-refractivity contribution is -0.141. The summed E-state index contributed by atoms with van der Waals surface area (Å²) in [6, 6.07) is 0.0387. The van der Waals surface area contributed by atoms with Gasteiger partial charge in [-0.1, -0.05) is 13.8 Å². The van der Waals surface area contributed by atoms with E-state index in [4.69, 9.17) is 0 Å². The molecule has 0 spiro atoms. The standard InChI is InChI=1S/C16H26N2O4S/c1-16(2,12-5-7-23(21,22)8-6-12)15(20)17-13-9-18(10-13)14(19)11-3-4-11/h11-13H,3-10H2,1-2H3,(H,17,20). The van der Waals surface area contributed by atoms with Crippen molar-refractivity contribution in [2.75, 3.05) is 24.6 Å². The zero-order valence-corrected chi connectivity index (χ0v) is 14.7. The number of sulfone groups is 1. The number of carbonyl (C=O) groups is 2. The number of amides is 2. The Morgan fingerprint density at radius 3 is 2.13 bits per heavy atom. The van der Waals surface area contributed by atoms with Crippen LogP contribution in [0.25, 0.3) is 0 Å². The van der Waals surface area contributed by atoms with Gasteiger partial charge >= 0.3 is 0 Å². The second-order valence-electron chi connectivity index (χ2n) is 7.84. The minimum absolute atomic E-state index is 0.0229. The van der Waals surface area contributed by atoms with E-state index in [9.17, 15) is 18.0 Å². The van der Waals surface area contributed by atoms with Gasteiger partial charge in [-0.2, -0.15) is 0 Å². The van der Waals surface area contributed by atoms with E-state index in [1.54, 1.807) is 0 Å². The van der Waals surface area contributed by atoms with Gasteiger partial charge in [0.1, 0.15) is 9.84 Å². The number of likely N-dealkylation sites (tertiary alicyclic amines) is 1. The number of hydrogen-bond acceptors (Lipinski definition) is 4. The van der Waals surface area contributed by atoms with E-state index in [0.717, 1.165) is 12.8 Å². The van der Waals surface area contributed by atoms with Crippen molar-refractivity contribution < 1.29 is 18.0 Å². The second kappa shape index (κ2) is 5.76. The molecule has 0 aromatic carbocycles. The van der Waals surface area contributed by atoms with Gasteiger partial charge in [-0.15, -0.1) is 0 Å². The van der Waals surface area contributed by atoms with Gasteiger partial charge in [0.05, 0.1) is 17.5 Å². The van der Waals surface area contributed by atoms with Crippen LogP contribution in [0.5, 0.6) is 0 Å². The van der Waals surface area contributed by atoms with Gasteiger partial charge < -0.3 is 10.2 Å². The summed E-state index contributed by atoms with van der Waals surface area (Å²) in [6.45, 7) is 5.01. The molecule has 0 radical (unpaired) electrons. The molecule has 7 heteroatoms. The Bertz CT molecular complexity index is 590. The fourth-order valence-electron chi connectivity index (χ4n) is 3.51. The van der Waals surface area contributed by atoms with Crippen molar-refractivity contribution >= 4 is 21.7 Å². The third-order valence-corrected chi connectivity index (χ3v) is 7.33. The van der Waals surface area contributed by atoms with Crippen LogP contribution in [-0.2, 0) is 19.4 Å². The molecule has 1 aliphatic carbocycles. The van der Waals surface area contributed by atoms with Crippen LogP contribution in [0, 0.1) is 17.3 Å². The van der Waals surface area contributed by atoms with Gasteiger partial charge in [-0.3, -0.25) is 9.59 Å². The monoisotopic (exact) mass is 342 g/mol. The van der Waals surface area contributed by atoms with Crippen molar-refractivity contribution in [3.05, 3.63) is 0 Å². The van der Waals surface area contributed by atoms with Gasteiger partial charge in [-0.05, 0) is 31.6 Å². The first-order valence-electron chi connectivity index (χ1n) is 8.49. The van der Waals surface area contributed by atoms with Crippen LogP contribution in [-0.4, -0.2) is 55.8 Å². The summed E-state index contributed by atoms with van der Waals surface area (Å²) >= 11 is 0. The third kappa shape index (κ3) is 3.54. The van der Waals surface area contributed by atoms with Gasteiger partial charge in [0, 0.05) is 24.4 Å². The quantitative estimate of drug-likeness (QED) is 0.810. The van der Waals surface area contributed by atoms with Crippen LogP contribution in [0.3, 0.4) is 0 Å². The topological polar surface area (TPSA) is 83.6 Å². The number of nitrogens with one attached hydrogen (secondary N) is 1. The molecule has 2 amide bonds. The highest BCUT2D eigenvalue weighted by molar-refractivity contribution is 7.91. The molecule has 1 N–H and O–H groups in total. The number of hydrogen-bond donors (Lipinski definition) is 1. The largest absolute Gasteiger partial charge is 0.349 e. The fraction of sp³-hybridized carbons (Fsp3) is 0.875. The highest BCUT2D eigenvalue weighted by atomic mass is 32.2. The summed E-state index contributed by atoms with van der Waals surface area (Å²) in [5.41, 5.74) is -0.573. The van der Waals surface area contributed by atoms with Gasteiger partial charge in [0.2, 0.25) is 11.8 Å². The SMILES string of the molecule is CC(C)(C(=O)NC1CN(C(=O)C2CC2)C1)C1CCS(=O)(=O)CC1. The summed E-state index contributed by atoms with van der Waals surface area (Å²) in [5, 5.41) is 3.04. The second-order valence-corrected chi connectivity index (χ2v) is 10.1. The first-order valence-corrected chi connectivity index (χ1v) is 10.3. The molecule has 0 unspecified atom stereocenters. The zero-order valence-electron chi connectivity index (χ0n) is 13.9. The minimum atomic E-state index is -2.91. The summed E-state index contributed by atoms with van der Waals surface area (Å²) in [6.07, 6.45) is 3.12. The molecular weight excluding hydrogens is 316 g/mol. The molecule has 3 rings (SSSR count). The van der Waals surface area contributed by atoms with E-state index < -0.39 is 15.3 Å². The molecule has 23 heavy (non-hydrogen) atoms. The van der Waals surface area contributed by atoms with Crippen LogP contribution in [0.2, 0.25) is 0 Å². The smallest absolute Gasteiger partial charge is 0.226 e.